The first-order chi connectivity index (χ1) is 13.6. The van der Waals surface area contributed by atoms with Crippen molar-refractivity contribution in [2.75, 3.05) is 11.9 Å². The topological polar surface area (TPSA) is 135 Å². The number of carboxylic acid groups (broad SMARTS) is 1. The zero-order valence-electron chi connectivity index (χ0n) is 16.4. The first-order valence-corrected chi connectivity index (χ1v) is 8.93. The molecule has 1 amide bonds. The lowest BCUT2D eigenvalue weighted by molar-refractivity contribution is -0.153. The molecule has 2 aromatic rings. The van der Waals surface area contributed by atoms with Crippen molar-refractivity contribution >= 4 is 40.7 Å². The fraction of sp³-hybridized carbons (Fsp3) is 0.350. The molecular weight excluding hydrogens is 378 g/mol. The lowest BCUT2D eigenvalue weighted by Crippen LogP contribution is -2.34. The molecule has 1 atom stereocenters. The lowest BCUT2D eigenvalue weighted by Gasteiger charge is -2.19. The highest BCUT2D eigenvalue weighted by atomic mass is 16.6. The van der Waals surface area contributed by atoms with Gasteiger partial charge in [0.05, 0.1) is 16.8 Å². The number of anilines is 1. The molecule has 9 nitrogen and oxygen atoms in total. The van der Waals surface area contributed by atoms with Crippen molar-refractivity contribution in [3.8, 4) is 0 Å². The second-order valence-electron chi connectivity index (χ2n) is 7.27. The van der Waals surface area contributed by atoms with Gasteiger partial charge in [-0.1, -0.05) is 12.1 Å². The Hall–Kier alpha value is -3.49. The number of aliphatic carboxylic acids is 1. The Morgan fingerprint density at radius 2 is 1.97 bits per heavy atom. The number of fused-ring (bicyclic) bond motifs is 1. The molecular formula is C20H23N3O6. The van der Waals surface area contributed by atoms with Gasteiger partial charge in [-0.2, -0.15) is 0 Å². The van der Waals surface area contributed by atoms with E-state index < -0.39 is 29.5 Å². The number of pyridine rings is 1. The Labute approximate surface area is 167 Å². The quantitative estimate of drug-likeness (QED) is 0.450. The molecule has 0 fully saturated rings. The van der Waals surface area contributed by atoms with Gasteiger partial charge in [0, 0.05) is 18.0 Å². The zero-order valence-corrected chi connectivity index (χ0v) is 16.4. The number of carbonyl (C=O) groups is 4. The van der Waals surface area contributed by atoms with E-state index in [2.05, 4.69) is 15.6 Å². The van der Waals surface area contributed by atoms with Gasteiger partial charge in [0.1, 0.15) is 24.5 Å². The summed E-state index contributed by atoms with van der Waals surface area (Å²) in [6.07, 6.45) is 1.70. The molecule has 29 heavy (non-hydrogen) atoms. The number of esters is 1. The number of amides is 1. The molecule has 154 valence electrons. The van der Waals surface area contributed by atoms with Crippen LogP contribution >= 0.6 is 0 Å². The van der Waals surface area contributed by atoms with Crippen LogP contribution in [0.4, 0.5) is 5.69 Å². The Balaban J connectivity index is 2.25. The third kappa shape index (κ3) is 6.00. The van der Waals surface area contributed by atoms with Crippen LogP contribution in [0.1, 0.15) is 37.6 Å². The number of carbonyl (C=O) groups excluding carboxylic acids is 3. The predicted octanol–water partition coefficient (Wildman–Crippen LogP) is 1.76. The average molecular weight is 401 g/mol. The molecule has 1 aromatic carbocycles. The van der Waals surface area contributed by atoms with Crippen LogP contribution in [0.25, 0.3) is 10.9 Å². The van der Waals surface area contributed by atoms with Crippen molar-refractivity contribution in [3.63, 3.8) is 0 Å². The van der Waals surface area contributed by atoms with E-state index in [0.29, 0.717) is 22.9 Å². The molecule has 1 aromatic heterocycles. The Kier molecular flexibility index (Phi) is 6.87. The van der Waals surface area contributed by atoms with Gasteiger partial charge in [-0.05, 0) is 32.9 Å². The van der Waals surface area contributed by atoms with Crippen LogP contribution in [0.15, 0.2) is 30.5 Å². The minimum absolute atomic E-state index is 0.220. The summed E-state index contributed by atoms with van der Waals surface area (Å²) >= 11 is 0. The van der Waals surface area contributed by atoms with Crippen LogP contribution in [0, 0.1) is 0 Å². The Bertz CT molecular complexity index is 935. The molecule has 0 radical (unpaired) electrons. The molecule has 0 bridgehead atoms. The molecule has 0 aliphatic heterocycles. The number of aromatic nitrogens is 1. The van der Waals surface area contributed by atoms with Crippen molar-refractivity contribution in [1.29, 1.82) is 0 Å². The summed E-state index contributed by atoms with van der Waals surface area (Å²) in [5.41, 5.74) is 0.353. The van der Waals surface area contributed by atoms with E-state index in [-0.39, 0.29) is 18.5 Å². The van der Waals surface area contributed by atoms with Crippen LogP contribution in [-0.4, -0.2) is 52.4 Å². The molecule has 1 unspecified atom stereocenters. The highest BCUT2D eigenvalue weighted by molar-refractivity contribution is 6.09. The van der Waals surface area contributed by atoms with Crippen LogP contribution in [-0.2, 0) is 19.1 Å². The number of ether oxygens (including phenoxy) is 1. The SMILES string of the molecule is CC(C)(C)OC(=O)CNC(=O)c1ccnc2c(NC(CC=O)C(=O)O)cccc12. The first-order valence-electron chi connectivity index (χ1n) is 8.93. The number of para-hydroxylation sites is 1. The molecule has 3 N–H and O–H groups in total. The summed E-state index contributed by atoms with van der Waals surface area (Å²) in [7, 11) is 0. The largest absolute Gasteiger partial charge is 0.480 e. The number of rotatable bonds is 8. The van der Waals surface area contributed by atoms with Gasteiger partial charge in [0.25, 0.3) is 5.91 Å². The molecule has 2 rings (SSSR count). The van der Waals surface area contributed by atoms with Crippen LogP contribution < -0.4 is 10.6 Å². The van der Waals surface area contributed by atoms with Crippen LogP contribution in [0.3, 0.4) is 0 Å². The lowest BCUT2D eigenvalue weighted by atomic mass is 10.1. The van der Waals surface area contributed by atoms with Crippen molar-refractivity contribution < 1.29 is 29.0 Å². The van der Waals surface area contributed by atoms with E-state index in [1.807, 2.05) is 0 Å². The third-order valence-electron chi connectivity index (χ3n) is 3.79. The van der Waals surface area contributed by atoms with E-state index in [0.717, 1.165) is 0 Å². The zero-order chi connectivity index (χ0) is 21.6. The van der Waals surface area contributed by atoms with E-state index in [4.69, 9.17) is 4.74 Å². The summed E-state index contributed by atoms with van der Waals surface area (Å²) in [4.78, 5) is 50.6. The number of nitrogens with zero attached hydrogens (tertiary/aromatic N) is 1. The van der Waals surface area contributed by atoms with E-state index >= 15 is 0 Å². The number of aldehydes is 1. The van der Waals surface area contributed by atoms with Crippen LogP contribution in [0.5, 0.6) is 0 Å². The molecule has 1 heterocycles. The number of hydrogen-bond acceptors (Lipinski definition) is 7. The highest BCUT2D eigenvalue weighted by Gasteiger charge is 2.20. The van der Waals surface area contributed by atoms with Crippen molar-refractivity contribution in [3.05, 3.63) is 36.0 Å². The van der Waals surface area contributed by atoms with Gasteiger partial charge in [0.2, 0.25) is 0 Å². The van der Waals surface area contributed by atoms with Gasteiger partial charge in [-0.25, -0.2) is 4.79 Å². The summed E-state index contributed by atoms with van der Waals surface area (Å²) in [6, 6.07) is 5.28. The molecule has 0 saturated heterocycles. The van der Waals surface area contributed by atoms with Gasteiger partial charge in [0.15, 0.2) is 0 Å². The standard InChI is InChI=1S/C20H23N3O6/c1-20(2,3)29-16(25)11-22-18(26)13-7-9-21-17-12(13)5-4-6-14(17)23-15(8-10-24)19(27)28/h4-7,9-10,15,23H,8,11H2,1-3H3,(H,22,26)(H,27,28). The van der Waals surface area contributed by atoms with Gasteiger partial charge >= 0.3 is 11.9 Å². The smallest absolute Gasteiger partial charge is 0.326 e. The molecule has 0 spiro atoms. The summed E-state index contributed by atoms with van der Waals surface area (Å²) in [5, 5.41) is 15.0. The summed E-state index contributed by atoms with van der Waals surface area (Å²) < 4.78 is 5.16. The molecule has 0 aliphatic carbocycles. The van der Waals surface area contributed by atoms with Gasteiger partial charge in [-0.15, -0.1) is 0 Å². The molecule has 0 saturated carbocycles. The second-order valence-corrected chi connectivity index (χ2v) is 7.27. The monoisotopic (exact) mass is 401 g/mol. The maximum absolute atomic E-state index is 12.6. The number of carboxylic acids is 1. The van der Waals surface area contributed by atoms with Crippen molar-refractivity contribution in [2.45, 2.75) is 38.8 Å². The van der Waals surface area contributed by atoms with Gasteiger partial charge < -0.3 is 25.3 Å². The minimum atomic E-state index is -1.18. The predicted molar refractivity (Wildman–Crippen MR) is 106 cm³/mol. The van der Waals surface area contributed by atoms with E-state index in [1.54, 1.807) is 39.0 Å². The first kappa shape index (κ1) is 21.8. The van der Waals surface area contributed by atoms with Crippen LogP contribution in [0.2, 0.25) is 0 Å². The van der Waals surface area contributed by atoms with Crippen molar-refractivity contribution in [1.82, 2.24) is 10.3 Å². The fourth-order valence-electron chi connectivity index (χ4n) is 2.62. The molecule has 9 heteroatoms. The third-order valence-corrected chi connectivity index (χ3v) is 3.79. The maximum atomic E-state index is 12.6. The summed E-state index contributed by atoms with van der Waals surface area (Å²) in [5.74, 6) is -2.24. The normalized spacial score (nSPS) is 12.1. The maximum Gasteiger partial charge on any atom is 0.326 e. The fourth-order valence-corrected chi connectivity index (χ4v) is 2.62. The van der Waals surface area contributed by atoms with E-state index in [1.165, 1.54) is 12.3 Å². The number of benzene rings is 1. The molecule has 0 aliphatic rings. The van der Waals surface area contributed by atoms with Crippen molar-refractivity contribution in [2.24, 2.45) is 0 Å². The second kappa shape index (κ2) is 9.13. The minimum Gasteiger partial charge on any atom is -0.480 e. The van der Waals surface area contributed by atoms with Gasteiger partial charge in [-0.3, -0.25) is 14.6 Å². The Morgan fingerprint density at radius 3 is 2.59 bits per heavy atom. The highest BCUT2D eigenvalue weighted by Crippen LogP contribution is 2.25. The number of nitrogens with one attached hydrogen (secondary N) is 2. The average Bonchev–Trinajstić information content (AvgIpc) is 2.64. The summed E-state index contributed by atoms with van der Waals surface area (Å²) in [6.45, 7) is 4.89. The Morgan fingerprint density at radius 1 is 1.24 bits per heavy atom. The van der Waals surface area contributed by atoms with E-state index in [9.17, 15) is 24.3 Å². The number of hydrogen-bond donors (Lipinski definition) is 3.